The van der Waals surface area contributed by atoms with E-state index in [0.29, 0.717) is 0 Å². The summed E-state index contributed by atoms with van der Waals surface area (Å²) in [4.78, 5) is 22.1. The number of ketones is 1. The fourth-order valence-electron chi connectivity index (χ4n) is 1.74. The molecule has 0 aliphatic heterocycles. The van der Waals surface area contributed by atoms with Crippen LogP contribution in [0.25, 0.3) is 0 Å². The number of carbonyl (C=O) groups excluding carboxylic acids is 1. The van der Waals surface area contributed by atoms with Crippen LogP contribution in [0.2, 0.25) is 0 Å². The minimum atomic E-state index is -0.598. The van der Waals surface area contributed by atoms with Crippen LogP contribution in [0.1, 0.15) is 15.9 Å². The highest BCUT2D eigenvalue weighted by molar-refractivity contribution is 6.00. The second-order valence-corrected chi connectivity index (χ2v) is 4.04. The fourth-order valence-corrected chi connectivity index (χ4v) is 1.74. The number of carbonyl (C=O) groups is 1. The zero-order chi connectivity index (χ0) is 13.8. The van der Waals surface area contributed by atoms with E-state index in [9.17, 15) is 20.0 Å². The molecular formula is C14H11NO4. The third kappa shape index (κ3) is 2.95. The summed E-state index contributed by atoms with van der Waals surface area (Å²) in [7, 11) is 0. The third-order valence-corrected chi connectivity index (χ3v) is 2.70. The van der Waals surface area contributed by atoms with Gasteiger partial charge < -0.3 is 5.11 Å². The monoisotopic (exact) mass is 257 g/mol. The van der Waals surface area contributed by atoms with Gasteiger partial charge >= 0.3 is 0 Å². The van der Waals surface area contributed by atoms with Crippen LogP contribution in [0.3, 0.4) is 0 Å². The lowest BCUT2D eigenvalue weighted by atomic mass is 10.0. The molecule has 0 aliphatic rings. The third-order valence-electron chi connectivity index (χ3n) is 2.70. The number of nitrogens with zero attached hydrogens (tertiary/aromatic N) is 1. The highest BCUT2D eigenvalue weighted by Gasteiger charge is 2.16. The van der Waals surface area contributed by atoms with Gasteiger partial charge in [-0.1, -0.05) is 30.3 Å². The van der Waals surface area contributed by atoms with E-state index >= 15 is 0 Å². The summed E-state index contributed by atoms with van der Waals surface area (Å²) in [5.74, 6) is -0.598. The average Bonchev–Trinajstić information content (AvgIpc) is 2.40. The number of hydrogen-bond donors (Lipinski definition) is 1. The first kappa shape index (κ1) is 12.8. The molecule has 2 aromatic rings. The van der Waals surface area contributed by atoms with Gasteiger partial charge in [0.2, 0.25) is 0 Å². The number of non-ortho nitro benzene ring substituents is 1. The Morgan fingerprint density at radius 2 is 1.84 bits per heavy atom. The summed E-state index contributed by atoms with van der Waals surface area (Å²) >= 11 is 0. The lowest BCUT2D eigenvalue weighted by molar-refractivity contribution is -0.384. The quantitative estimate of drug-likeness (QED) is 0.518. The molecule has 0 spiro atoms. The normalized spacial score (nSPS) is 10.1. The van der Waals surface area contributed by atoms with Crippen LogP contribution in [0, 0.1) is 10.1 Å². The Kier molecular flexibility index (Phi) is 3.56. The Hall–Kier alpha value is -2.69. The average molecular weight is 257 g/mol. The number of nitro benzene ring substituents is 1. The van der Waals surface area contributed by atoms with Crippen LogP contribution in [0.4, 0.5) is 5.69 Å². The molecule has 0 atom stereocenters. The Bertz CT molecular complexity index is 623. The van der Waals surface area contributed by atoms with Crippen molar-refractivity contribution in [2.75, 3.05) is 0 Å². The smallest absolute Gasteiger partial charge is 0.270 e. The van der Waals surface area contributed by atoms with Gasteiger partial charge in [-0.05, 0) is 11.6 Å². The molecule has 0 aliphatic carbocycles. The minimum absolute atomic E-state index is 0.0296. The number of rotatable bonds is 4. The van der Waals surface area contributed by atoms with Gasteiger partial charge in [0.15, 0.2) is 5.78 Å². The van der Waals surface area contributed by atoms with Crippen molar-refractivity contribution in [3.63, 3.8) is 0 Å². The zero-order valence-corrected chi connectivity index (χ0v) is 9.95. The molecule has 0 heterocycles. The van der Waals surface area contributed by atoms with Crippen molar-refractivity contribution in [3.05, 3.63) is 69.8 Å². The van der Waals surface area contributed by atoms with Gasteiger partial charge in [0.25, 0.3) is 5.69 Å². The van der Waals surface area contributed by atoms with Gasteiger partial charge in [-0.2, -0.15) is 0 Å². The maximum atomic E-state index is 12.0. The fraction of sp³-hybridized carbons (Fsp3) is 0.0714. The highest BCUT2D eigenvalue weighted by Crippen LogP contribution is 2.24. The van der Waals surface area contributed by atoms with Crippen molar-refractivity contribution < 1.29 is 14.8 Å². The standard InChI is InChI=1S/C14H11NO4/c16-13-7-6-11(15(18)19)9-12(13)14(17)8-10-4-2-1-3-5-10/h1-7,9,16H,8H2. The Labute approximate surface area is 109 Å². The van der Waals surface area contributed by atoms with E-state index in [1.165, 1.54) is 0 Å². The van der Waals surface area contributed by atoms with E-state index < -0.39 is 4.92 Å². The van der Waals surface area contributed by atoms with Crippen molar-refractivity contribution in [2.45, 2.75) is 6.42 Å². The molecule has 1 N–H and O–H groups in total. The molecule has 96 valence electrons. The summed E-state index contributed by atoms with van der Waals surface area (Å²) in [6.07, 6.45) is 0.0928. The van der Waals surface area contributed by atoms with E-state index in [4.69, 9.17) is 0 Å². The van der Waals surface area contributed by atoms with Gasteiger partial charge in [0.05, 0.1) is 10.5 Å². The van der Waals surface area contributed by atoms with E-state index in [-0.39, 0.29) is 29.2 Å². The first-order valence-electron chi connectivity index (χ1n) is 5.62. The van der Waals surface area contributed by atoms with Crippen molar-refractivity contribution in [3.8, 4) is 5.75 Å². The van der Waals surface area contributed by atoms with Gasteiger partial charge in [0.1, 0.15) is 5.75 Å². The first-order chi connectivity index (χ1) is 9.08. The SMILES string of the molecule is O=C(Cc1ccccc1)c1cc([N+](=O)[O-])ccc1O. The molecule has 0 amide bonds. The van der Waals surface area contributed by atoms with E-state index in [1.54, 1.807) is 24.3 Å². The number of hydrogen-bond acceptors (Lipinski definition) is 4. The molecule has 2 rings (SSSR count). The first-order valence-corrected chi connectivity index (χ1v) is 5.62. The lowest BCUT2D eigenvalue weighted by Gasteiger charge is -2.04. The molecule has 5 nitrogen and oxygen atoms in total. The second kappa shape index (κ2) is 5.30. The molecule has 0 radical (unpaired) electrons. The molecule has 0 fully saturated rings. The zero-order valence-electron chi connectivity index (χ0n) is 9.95. The summed E-state index contributed by atoms with van der Waals surface area (Å²) in [5.41, 5.74) is 0.547. The van der Waals surface area contributed by atoms with Gasteiger partial charge in [0, 0.05) is 18.6 Å². The van der Waals surface area contributed by atoms with Crippen LogP contribution < -0.4 is 0 Å². The van der Waals surface area contributed by atoms with Crippen LogP contribution in [0.5, 0.6) is 5.75 Å². The molecule has 0 unspecified atom stereocenters. The summed E-state index contributed by atoms with van der Waals surface area (Å²) in [5, 5.41) is 20.3. The lowest BCUT2D eigenvalue weighted by Crippen LogP contribution is -2.04. The van der Waals surface area contributed by atoms with Crippen molar-refractivity contribution in [1.29, 1.82) is 0 Å². The van der Waals surface area contributed by atoms with E-state index in [1.807, 2.05) is 6.07 Å². The summed E-state index contributed by atoms with van der Waals surface area (Å²) < 4.78 is 0. The number of nitro groups is 1. The van der Waals surface area contributed by atoms with Gasteiger partial charge in [-0.15, -0.1) is 0 Å². The maximum absolute atomic E-state index is 12.0. The predicted octanol–water partition coefficient (Wildman–Crippen LogP) is 2.73. The Balaban J connectivity index is 2.28. The van der Waals surface area contributed by atoms with Gasteiger partial charge in [-0.3, -0.25) is 14.9 Å². The molecular weight excluding hydrogens is 246 g/mol. The number of Topliss-reactive ketones (excluding diaryl/α,β-unsaturated/α-hetero) is 1. The predicted molar refractivity (Wildman–Crippen MR) is 69.2 cm³/mol. The van der Waals surface area contributed by atoms with Crippen LogP contribution >= 0.6 is 0 Å². The Morgan fingerprint density at radius 3 is 2.47 bits per heavy atom. The van der Waals surface area contributed by atoms with E-state index in [0.717, 1.165) is 23.8 Å². The molecule has 2 aromatic carbocycles. The van der Waals surface area contributed by atoms with E-state index in [2.05, 4.69) is 0 Å². The molecule has 0 saturated heterocycles. The summed E-state index contributed by atoms with van der Waals surface area (Å²) in [6.45, 7) is 0. The summed E-state index contributed by atoms with van der Waals surface area (Å²) in [6, 6.07) is 12.4. The second-order valence-electron chi connectivity index (χ2n) is 4.04. The number of benzene rings is 2. The molecule has 0 aromatic heterocycles. The highest BCUT2D eigenvalue weighted by atomic mass is 16.6. The number of aromatic hydroxyl groups is 1. The van der Waals surface area contributed by atoms with Crippen molar-refractivity contribution in [1.82, 2.24) is 0 Å². The van der Waals surface area contributed by atoms with Crippen molar-refractivity contribution >= 4 is 11.5 Å². The van der Waals surface area contributed by atoms with Crippen molar-refractivity contribution in [2.24, 2.45) is 0 Å². The molecule has 0 saturated carbocycles. The number of phenols is 1. The topological polar surface area (TPSA) is 80.4 Å². The molecule has 0 bridgehead atoms. The van der Waals surface area contributed by atoms with Gasteiger partial charge in [-0.25, -0.2) is 0 Å². The Morgan fingerprint density at radius 1 is 1.16 bits per heavy atom. The van der Waals surface area contributed by atoms with Crippen LogP contribution in [-0.2, 0) is 6.42 Å². The minimum Gasteiger partial charge on any atom is -0.507 e. The van der Waals surface area contributed by atoms with Crippen LogP contribution in [0.15, 0.2) is 48.5 Å². The maximum Gasteiger partial charge on any atom is 0.270 e. The number of phenolic OH excluding ortho intramolecular Hbond substituents is 1. The molecule has 19 heavy (non-hydrogen) atoms. The largest absolute Gasteiger partial charge is 0.507 e. The van der Waals surface area contributed by atoms with Crippen LogP contribution in [-0.4, -0.2) is 15.8 Å². The molecule has 5 heteroatoms.